The summed E-state index contributed by atoms with van der Waals surface area (Å²) >= 11 is 3.55. The second-order valence-corrected chi connectivity index (χ2v) is 5.01. The van der Waals surface area contributed by atoms with Crippen molar-refractivity contribution in [3.05, 3.63) is 22.7 Å². The smallest absolute Gasteiger partial charge is 0.114 e. The third-order valence-corrected chi connectivity index (χ3v) is 3.57. The lowest BCUT2D eigenvalue weighted by atomic mass is 10.3. The zero-order valence-electron chi connectivity index (χ0n) is 8.36. The highest BCUT2D eigenvalue weighted by Crippen LogP contribution is 2.33. The molecule has 2 aromatic rings. The Bertz CT molecular complexity index is 488. The molecule has 78 valence electrons. The van der Waals surface area contributed by atoms with Gasteiger partial charge in [0.1, 0.15) is 11.0 Å². The Hall–Kier alpha value is -0.900. The van der Waals surface area contributed by atoms with Gasteiger partial charge in [0.05, 0.1) is 0 Å². The lowest BCUT2D eigenvalue weighted by Gasteiger charge is -2.01. The van der Waals surface area contributed by atoms with Gasteiger partial charge >= 0.3 is 0 Å². The second-order valence-electron chi connectivity index (χ2n) is 4.15. The van der Waals surface area contributed by atoms with Crippen molar-refractivity contribution in [3.63, 3.8) is 0 Å². The lowest BCUT2D eigenvalue weighted by Crippen LogP contribution is -2.01. The molecule has 1 heterocycles. The Morgan fingerprint density at radius 1 is 1.40 bits per heavy atom. The fraction of sp³-hybridized carbons (Fsp3) is 0.455. The summed E-state index contributed by atoms with van der Waals surface area (Å²) in [5, 5.41) is 8.35. The van der Waals surface area contributed by atoms with Crippen LogP contribution in [-0.2, 0) is 6.54 Å². The molecule has 0 N–H and O–H groups in total. The highest BCUT2D eigenvalue weighted by Gasteiger charge is 2.21. The number of benzene rings is 1. The number of hydrogen-bond donors (Lipinski definition) is 0. The van der Waals surface area contributed by atoms with E-state index in [0.29, 0.717) is 0 Å². The van der Waals surface area contributed by atoms with E-state index >= 15 is 0 Å². The first-order valence-electron chi connectivity index (χ1n) is 5.32. The number of hydrogen-bond acceptors (Lipinski definition) is 2. The van der Waals surface area contributed by atoms with E-state index < -0.39 is 0 Å². The van der Waals surface area contributed by atoms with Crippen molar-refractivity contribution in [1.29, 1.82) is 0 Å². The standard InChI is InChI=1S/C11H12BrN3/c12-9-2-1-3-10-11(9)15(14-13-10)7-6-8-4-5-8/h1-3,8H,4-7H2. The molecule has 0 atom stereocenters. The summed E-state index contributed by atoms with van der Waals surface area (Å²) < 4.78 is 3.10. The molecule has 0 saturated heterocycles. The van der Waals surface area contributed by atoms with Crippen LogP contribution in [0, 0.1) is 5.92 Å². The first-order valence-corrected chi connectivity index (χ1v) is 6.11. The fourth-order valence-corrected chi connectivity index (χ4v) is 2.42. The largest absolute Gasteiger partial charge is 0.243 e. The predicted molar refractivity (Wildman–Crippen MR) is 62.6 cm³/mol. The van der Waals surface area contributed by atoms with Gasteiger partial charge in [-0.25, -0.2) is 4.68 Å². The predicted octanol–water partition coefficient (Wildman–Crippen LogP) is 2.99. The van der Waals surface area contributed by atoms with Gasteiger partial charge in [0.2, 0.25) is 0 Å². The summed E-state index contributed by atoms with van der Waals surface area (Å²) in [6, 6.07) is 6.03. The molecule has 3 nitrogen and oxygen atoms in total. The Kier molecular flexibility index (Phi) is 2.24. The molecular weight excluding hydrogens is 254 g/mol. The van der Waals surface area contributed by atoms with Crippen molar-refractivity contribution in [3.8, 4) is 0 Å². The molecule has 15 heavy (non-hydrogen) atoms. The number of rotatable bonds is 3. The van der Waals surface area contributed by atoms with Gasteiger partial charge in [-0.3, -0.25) is 0 Å². The summed E-state index contributed by atoms with van der Waals surface area (Å²) in [4.78, 5) is 0. The Morgan fingerprint density at radius 2 is 2.27 bits per heavy atom. The van der Waals surface area contributed by atoms with Gasteiger partial charge in [-0.2, -0.15) is 0 Å². The molecule has 1 aliphatic rings. The quantitative estimate of drug-likeness (QED) is 0.855. The third kappa shape index (κ3) is 1.78. The topological polar surface area (TPSA) is 30.7 Å². The van der Waals surface area contributed by atoms with E-state index in [0.717, 1.165) is 28.0 Å². The monoisotopic (exact) mass is 265 g/mol. The molecular formula is C11H12BrN3. The van der Waals surface area contributed by atoms with E-state index in [2.05, 4.69) is 26.2 Å². The maximum Gasteiger partial charge on any atom is 0.114 e. The zero-order chi connectivity index (χ0) is 10.3. The van der Waals surface area contributed by atoms with E-state index in [1.165, 1.54) is 19.3 Å². The molecule has 0 aliphatic heterocycles. The summed E-state index contributed by atoms with van der Waals surface area (Å²) in [5.41, 5.74) is 2.10. The SMILES string of the molecule is Brc1cccc2nnn(CCC3CC3)c12. The molecule has 3 rings (SSSR count). The summed E-state index contributed by atoms with van der Waals surface area (Å²) in [6.45, 7) is 0.990. The number of halogens is 1. The molecule has 1 saturated carbocycles. The van der Waals surface area contributed by atoms with Crippen LogP contribution in [0.5, 0.6) is 0 Å². The van der Waals surface area contributed by atoms with Crippen molar-refractivity contribution >= 4 is 27.0 Å². The first kappa shape index (κ1) is 9.33. The average Bonchev–Trinajstić information content (AvgIpc) is 2.96. The van der Waals surface area contributed by atoms with E-state index in [1.807, 2.05) is 22.9 Å². The maximum atomic E-state index is 4.19. The molecule has 0 unspecified atom stereocenters. The van der Waals surface area contributed by atoms with E-state index in [-0.39, 0.29) is 0 Å². The molecule has 1 aromatic carbocycles. The van der Waals surface area contributed by atoms with Crippen molar-refractivity contribution in [2.24, 2.45) is 5.92 Å². The number of nitrogens with zero attached hydrogens (tertiary/aromatic N) is 3. The average molecular weight is 266 g/mol. The fourth-order valence-electron chi connectivity index (χ4n) is 1.85. The Balaban J connectivity index is 1.94. The van der Waals surface area contributed by atoms with E-state index in [9.17, 15) is 0 Å². The van der Waals surface area contributed by atoms with Crippen LogP contribution in [0.15, 0.2) is 22.7 Å². The summed E-state index contributed by atoms with van der Waals surface area (Å²) in [7, 11) is 0. The minimum Gasteiger partial charge on any atom is -0.243 e. The van der Waals surface area contributed by atoms with Gasteiger partial charge in [0, 0.05) is 11.0 Å². The van der Waals surface area contributed by atoms with Crippen LogP contribution in [0.2, 0.25) is 0 Å². The van der Waals surface area contributed by atoms with Gasteiger partial charge < -0.3 is 0 Å². The molecule has 0 radical (unpaired) electrons. The van der Waals surface area contributed by atoms with Gasteiger partial charge in [0.15, 0.2) is 0 Å². The van der Waals surface area contributed by atoms with Crippen molar-refractivity contribution < 1.29 is 0 Å². The van der Waals surface area contributed by atoms with Gasteiger partial charge in [-0.1, -0.05) is 24.1 Å². The van der Waals surface area contributed by atoms with E-state index in [4.69, 9.17) is 0 Å². The van der Waals surface area contributed by atoms with Gasteiger partial charge in [0.25, 0.3) is 0 Å². The molecule has 0 spiro atoms. The van der Waals surface area contributed by atoms with Crippen LogP contribution in [0.1, 0.15) is 19.3 Å². The third-order valence-electron chi connectivity index (χ3n) is 2.93. The molecule has 0 bridgehead atoms. The number of para-hydroxylation sites is 1. The second kappa shape index (κ2) is 3.59. The summed E-state index contributed by atoms with van der Waals surface area (Å²) in [5.74, 6) is 0.937. The van der Waals surface area contributed by atoms with Crippen molar-refractivity contribution in [2.45, 2.75) is 25.8 Å². The minimum absolute atomic E-state index is 0.937. The maximum absolute atomic E-state index is 4.19. The van der Waals surface area contributed by atoms with E-state index in [1.54, 1.807) is 0 Å². The van der Waals surface area contributed by atoms with Crippen molar-refractivity contribution in [1.82, 2.24) is 15.0 Å². The summed E-state index contributed by atoms with van der Waals surface area (Å²) in [6.07, 6.45) is 4.03. The lowest BCUT2D eigenvalue weighted by molar-refractivity contribution is 0.543. The van der Waals surface area contributed by atoms with Gasteiger partial charge in [-0.05, 0) is 40.4 Å². The van der Waals surface area contributed by atoms with Crippen LogP contribution in [0.25, 0.3) is 11.0 Å². The first-order chi connectivity index (χ1) is 7.34. The van der Waals surface area contributed by atoms with Gasteiger partial charge in [-0.15, -0.1) is 5.10 Å². The van der Waals surface area contributed by atoms with Crippen LogP contribution in [0.4, 0.5) is 0 Å². The normalized spacial score (nSPS) is 16.1. The molecule has 1 aliphatic carbocycles. The Labute approximate surface area is 96.6 Å². The zero-order valence-corrected chi connectivity index (χ0v) is 9.94. The number of aromatic nitrogens is 3. The number of aryl methyl sites for hydroxylation is 1. The van der Waals surface area contributed by atoms with Crippen LogP contribution < -0.4 is 0 Å². The van der Waals surface area contributed by atoms with Crippen LogP contribution in [-0.4, -0.2) is 15.0 Å². The Morgan fingerprint density at radius 3 is 3.07 bits per heavy atom. The molecule has 4 heteroatoms. The molecule has 0 amide bonds. The minimum atomic E-state index is 0.937. The van der Waals surface area contributed by atoms with Crippen molar-refractivity contribution in [2.75, 3.05) is 0 Å². The van der Waals surface area contributed by atoms with Crippen LogP contribution in [0.3, 0.4) is 0 Å². The van der Waals surface area contributed by atoms with Crippen LogP contribution >= 0.6 is 15.9 Å². The number of fused-ring (bicyclic) bond motifs is 1. The highest BCUT2D eigenvalue weighted by molar-refractivity contribution is 9.10. The molecule has 1 fully saturated rings. The molecule has 1 aromatic heterocycles. The highest BCUT2D eigenvalue weighted by atomic mass is 79.9.